The first-order valence-electron chi connectivity index (χ1n) is 23.4. The highest BCUT2D eigenvalue weighted by molar-refractivity contribution is 6.39. The summed E-state index contributed by atoms with van der Waals surface area (Å²) in [5, 5.41) is 23.9. The van der Waals surface area contributed by atoms with E-state index in [9.17, 15) is 34.2 Å². The zero-order chi connectivity index (χ0) is 46.6. The van der Waals surface area contributed by atoms with Crippen molar-refractivity contribution in [2.24, 2.45) is 35.5 Å². The Hall–Kier alpha value is -3.27. The van der Waals surface area contributed by atoms with Crippen LogP contribution in [0.5, 0.6) is 0 Å². The molecule has 14 nitrogen and oxygen atoms in total. The fourth-order valence-electron chi connectivity index (χ4n) is 10.3. The summed E-state index contributed by atoms with van der Waals surface area (Å²) in [5.74, 6) is -7.93. The molecule has 2 N–H and O–H groups in total. The van der Waals surface area contributed by atoms with Gasteiger partial charge in [-0.2, -0.15) is 0 Å². The lowest BCUT2D eigenvalue weighted by Gasteiger charge is -2.47. The standard InChI is InChI=1S/C49H77NO13/c1-11-16-36-22-29(4)21-30(5)23-41(58-9)45-42(59-10)25-32(7)49(57,63-45)46(54)47(55)50-20-15-14-17-37(50)48(56)62-44(33(8)38(51)27-39(36)52)31(6)24-34-18-19-40(35(12-2)26-34)61-28-43(53)60-13-3/h11,22,24,30,32-38,40-42,44-45,51,57H,1,12-21,23,25-28H2,2-10H3/b29-22+,31-24+/t30-,32+,33+,34-,35?,36+,37-,38-,40+,41-,42-,44+,45+,49+/m0/s1. The Bertz CT molecular complexity index is 1640. The fourth-order valence-corrected chi connectivity index (χ4v) is 10.3. The average Bonchev–Trinajstić information content (AvgIpc) is 3.26. The number of carbonyl (C=O) groups is 5. The molecule has 3 fully saturated rings. The number of hydrogen-bond donors (Lipinski definition) is 2. The summed E-state index contributed by atoms with van der Waals surface area (Å²) in [6, 6.07) is -1.15. The maximum absolute atomic E-state index is 14.5. The minimum Gasteiger partial charge on any atom is -0.464 e. The van der Waals surface area contributed by atoms with Crippen molar-refractivity contribution in [2.75, 3.05) is 34.0 Å². The SMILES string of the molecule is C=CC[C@@H]1/C=C(\C)C[C@H](C)C[C@H](OC)[C@H]2O[C@@](O)(C(=O)C(=O)N3CCCC[C@H]3C(=O)O[C@H](/C(C)=C/[C@@H]3CC[C@@H](OCC(=O)OCC)C(CC)C3)[C@H](C)[C@@H](O)CC1=O)[C@H](C)C[C@@H]2OC. The molecule has 356 valence electrons. The van der Waals surface area contributed by atoms with Crippen molar-refractivity contribution < 1.29 is 62.6 Å². The summed E-state index contributed by atoms with van der Waals surface area (Å²) in [6.07, 6.45) is 7.12. The van der Waals surface area contributed by atoms with E-state index in [0.29, 0.717) is 44.1 Å². The van der Waals surface area contributed by atoms with Crippen LogP contribution >= 0.6 is 0 Å². The minimum absolute atomic E-state index is 0.00357. The van der Waals surface area contributed by atoms with E-state index < -0.39 is 83.7 Å². The van der Waals surface area contributed by atoms with Crippen molar-refractivity contribution in [1.29, 1.82) is 0 Å². The Labute approximate surface area is 375 Å². The third kappa shape index (κ3) is 13.4. The minimum atomic E-state index is -2.52. The van der Waals surface area contributed by atoms with Gasteiger partial charge in [-0.25, -0.2) is 9.59 Å². The van der Waals surface area contributed by atoms with E-state index in [2.05, 4.69) is 19.6 Å². The molecule has 3 heterocycles. The van der Waals surface area contributed by atoms with Crippen molar-refractivity contribution in [3.8, 4) is 0 Å². The number of rotatable bonds is 11. The second kappa shape index (κ2) is 24.3. The molecule has 1 amide bonds. The number of nitrogens with zero attached hydrogens (tertiary/aromatic N) is 1. The second-order valence-corrected chi connectivity index (χ2v) is 18.8. The van der Waals surface area contributed by atoms with E-state index in [1.54, 1.807) is 26.8 Å². The Balaban J connectivity index is 1.73. The topological polar surface area (TPSA) is 184 Å². The third-order valence-corrected chi connectivity index (χ3v) is 14.0. The molecule has 1 aliphatic carbocycles. The lowest BCUT2D eigenvalue weighted by molar-refractivity contribution is -0.302. The van der Waals surface area contributed by atoms with Gasteiger partial charge in [-0.1, -0.05) is 57.9 Å². The molecule has 63 heavy (non-hydrogen) atoms. The largest absolute Gasteiger partial charge is 0.464 e. The van der Waals surface area contributed by atoms with Crippen LogP contribution in [0.1, 0.15) is 126 Å². The fraction of sp³-hybridized carbons (Fsp3) is 0.776. The van der Waals surface area contributed by atoms with Gasteiger partial charge >= 0.3 is 11.9 Å². The number of aliphatic hydroxyl groups excluding tert-OH is 1. The summed E-state index contributed by atoms with van der Waals surface area (Å²) < 4.78 is 35.5. The number of ketones is 2. The molecule has 4 aliphatic rings. The van der Waals surface area contributed by atoms with Crippen molar-refractivity contribution in [3.63, 3.8) is 0 Å². The van der Waals surface area contributed by atoms with Gasteiger partial charge in [0.25, 0.3) is 11.7 Å². The lowest BCUT2D eigenvalue weighted by Crippen LogP contribution is -2.64. The van der Waals surface area contributed by atoms with Crippen LogP contribution in [-0.4, -0.2) is 127 Å². The first-order valence-corrected chi connectivity index (χ1v) is 23.4. The first-order chi connectivity index (χ1) is 29.9. The summed E-state index contributed by atoms with van der Waals surface area (Å²) in [7, 11) is 3.06. The van der Waals surface area contributed by atoms with E-state index in [-0.39, 0.29) is 68.7 Å². The molecule has 14 heteroatoms. The summed E-state index contributed by atoms with van der Waals surface area (Å²) in [6.45, 7) is 17.2. The van der Waals surface area contributed by atoms with Gasteiger partial charge in [-0.3, -0.25) is 14.4 Å². The van der Waals surface area contributed by atoms with E-state index in [0.717, 1.165) is 24.8 Å². The predicted octanol–water partition coefficient (Wildman–Crippen LogP) is 6.24. The molecule has 2 saturated heterocycles. The maximum atomic E-state index is 14.5. The van der Waals surface area contributed by atoms with E-state index >= 15 is 0 Å². The number of ether oxygens (including phenoxy) is 6. The number of carbonyl (C=O) groups excluding carboxylic acids is 5. The van der Waals surface area contributed by atoms with Crippen LogP contribution < -0.4 is 0 Å². The van der Waals surface area contributed by atoms with Crippen LogP contribution in [0.2, 0.25) is 0 Å². The molecule has 0 aromatic rings. The van der Waals surface area contributed by atoms with Gasteiger partial charge < -0.3 is 43.5 Å². The van der Waals surface area contributed by atoms with E-state index in [4.69, 9.17) is 28.4 Å². The Morgan fingerprint density at radius 1 is 0.984 bits per heavy atom. The molecule has 3 aliphatic heterocycles. The third-order valence-electron chi connectivity index (χ3n) is 14.0. The molecule has 0 spiro atoms. The molecule has 4 rings (SSSR count). The molecular weight excluding hydrogens is 811 g/mol. The number of fused-ring (bicyclic) bond motifs is 3. The number of aliphatic hydroxyl groups is 2. The van der Waals surface area contributed by atoms with Gasteiger partial charge in [0, 0.05) is 44.9 Å². The van der Waals surface area contributed by atoms with Crippen LogP contribution in [0.25, 0.3) is 0 Å². The van der Waals surface area contributed by atoms with Crippen LogP contribution in [0.3, 0.4) is 0 Å². The average molecular weight is 888 g/mol. The van der Waals surface area contributed by atoms with Gasteiger partial charge in [-0.15, -0.1) is 6.58 Å². The Kier molecular flexibility index (Phi) is 20.2. The summed E-state index contributed by atoms with van der Waals surface area (Å²) >= 11 is 0. The van der Waals surface area contributed by atoms with Crippen LogP contribution in [0, 0.1) is 35.5 Å². The predicted molar refractivity (Wildman–Crippen MR) is 236 cm³/mol. The quantitative estimate of drug-likeness (QED) is 0.135. The zero-order valence-corrected chi connectivity index (χ0v) is 39.4. The van der Waals surface area contributed by atoms with E-state index in [1.165, 1.54) is 19.1 Å². The van der Waals surface area contributed by atoms with E-state index in [1.807, 2.05) is 26.8 Å². The lowest BCUT2D eigenvalue weighted by atomic mass is 9.76. The second-order valence-electron chi connectivity index (χ2n) is 18.8. The number of allylic oxidation sites excluding steroid dienone is 4. The zero-order valence-electron chi connectivity index (χ0n) is 39.4. The molecule has 1 unspecified atom stereocenters. The molecule has 0 aromatic carbocycles. The monoisotopic (exact) mass is 888 g/mol. The van der Waals surface area contributed by atoms with Crippen LogP contribution in [0.15, 0.2) is 36.0 Å². The van der Waals surface area contributed by atoms with Crippen molar-refractivity contribution in [2.45, 2.75) is 174 Å². The highest BCUT2D eigenvalue weighted by atomic mass is 16.7. The normalized spacial score (nSPS) is 38.1. The number of amides is 1. The smallest absolute Gasteiger partial charge is 0.332 e. The van der Waals surface area contributed by atoms with Gasteiger partial charge in [-0.05, 0) is 108 Å². The molecule has 14 atom stereocenters. The molecular formula is C49H77NO13. The summed E-state index contributed by atoms with van der Waals surface area (Å²) in [4.78, 5) is 70.4. The Morgan fingerprint density at radius 2 is 1.68 bits per heavy atom. The number of Topliss-reactive ketones (excluding diaryl/α,β-unsaturated/α-hetero) is 2. The van der Waals surface area contributed by atoms with Gasteiger partial charge in [0.15, 0.2) is 0 Å². The van der Waals surface area contributed by atoms with Crippen LogP contribution in [0.4, 0.5) is 0 Å². The van der Waals surface area contributed by atoms with Crippen molar-refractivity contribution in [1.82, 2.24) is 4.90 Å². The highest BCUT2D eigenvalue weighted by Crippen LogP contribution is 2.40. The molecule has 2 bridgehead atoms. The maximum Gasteiger partial charge on any atom is 0.332 e. The highest BCUT2D eigenvalue weighted by Gasteiger charge is 2.56. The molecule has 0 aromatic heterocycles. The van der Waals surface area contributed by atoms with Crippen molar-refractivity contribution >= 4 is 29.4 Å². The molecule has 0 radical (unpaired) electrons. The number of cyclic esters (lactones) is 1. The van der Waals surface area contributed by atoms with Crippen LogP contribution in [-0.2, 0) is 52.4 Å². The summed E-state index contributed by atoms with van der Waals surface area (Å²) in [5.41, 5.74) is 1.65. The van der Waals surface area contributed by atoms with Gasteiger partial charge in [0.05, 0.1) is 31.0 Å². The van der Waals surface area contributed by atoms with Crippen molar-refractivity contribution in [3.05, 3.63) is 36.0 Å². The number of esters is 2. The number of methoxy groups -OCH3 is 2. The number of hydrogen-bond acceptors (Lipinski definition) is 13. The van der Waals surface area contributed by atoms with Gasteiger partial charge in [0.1, 0.15) is 30.6 Å². The van der Waals surface area contributed by atoms with Gasteiger partial charge in [0.2, 0.25) is 5.79 Å². The molecule has 1 saturated carbocycles. The number of piperidine rings is 1. The Morgan fingerprint density at radius 3 is 2.33 bits per heavy atom. The first kappa shape index (κ1) is 52.4.